The van der Waals surface area contributed by atoms with Gasteiger partial charge in [-0.3, -0.25) is 5.26 Å². The molecule has 3 fully saturated rings. The summed E-state index contributed by atoms with van der Waals surface area (Å²) in [6.07, 6.45) is 3.94. The van der Waals surface area contributed by atoms with Crippen molar-refractivity contribution in [3.05, 3.63) is 24.3 Å². The van der Waals surface area contributed by atoms with Gasteiger partial charge in [0, 0.05) is 16.9 Å². The number of hydrogen-bond donors (Lipinski definition) is 1. The van der Waals surface area contributed by atoms with Gasteiger partial charge in [0.15, 0.2) is 0 Å². The fraction of sp³-hybridized carbons (Fsp3) is 0.667. The zero-order valence-corrected chi connectivity index (χ0v) is 11.3. The monoisotopic (exact) mass is 264 g/mol. The van der Waals surface area contributed by atoms with Crippen molar-refractivity contribution >= 4 is 5.97 Å². The SMILES string of the molecule is C=C1C(=O)O[C@@H]2C[C@@]3(C)CCCC(=C)[C@]3(OO)C[C@H]12. The predicted molar refractivity (Wildman–Crippen MR) is 69.3 cm³/mol. The zero-order chi connectivity index (χ0) is 13.8. The number of ether oxygens (including phenoxy) is 1. The fourth-order valence-electron chi connectivity index (χ4n) is 4.26. The molecule has 0 spiro atoms. The molecule has 0 aromatic heterocycles. The Morgan fingerprint density at radius 1 is 1.42 bits per heavy atom. The number of carbonyl (C=O) groups excluding carboxylic acids is 1. The maximum absolute atomic E-state index is 11.7. The molecule has 0 amide bonds. The van der Waals surface area contributed by atoms with Crippen LogP contribution in [0.15, 0.2) is 24.3 Å². The molecule has 0 aromatic rings. The Kier molecular flexibility index (Phi) is 2.67. The molecule has 4 atom stereocenters. The van der Waals surface area contributed by atoms with Gasteiger partial charge in [-0.2, -0.15) is 0 Å². The van der Waals surface area contributed by atoms with Crippen LogP contribution in [0.5, 0.6) is 0 Å². The van der Waals surface area contributed by atoms with Gasteiger partial charge in [-0.25, -0.2) is 9.68 Å². The molecule has 4 heteroatoms. The summed E-state index contributed by atoms with van der Waals surface area (Å²) in [4.78, 5) is 16.7. The summed E-state index contributed by atoms with van der Waals surface area (Å²) >= 11 is 0. The lowest BCUT2D eigenvalue weighted by atomic mass is 9.53. The van der Waals surface area contributed by atoms with Crippen LogP contribution in [0, 0.1) is 11.3 Å². The highest BCUT2D eigenvalue weighted by atomic mass is 17.1. The van der Waals surface area contributed by atoms with Crippen molar-refractivity contribution in [2.45, 2.75) is 50.7 Å². The van der Waals surface area contributed by atoms with Crippen LogP contribution >= 0.6 is 0 Å². The Balaban J connectivity index is 2.03. The molecule has 3 aliphatic rings. The Bertz CT molecular complexity index is 469. The lowest BCUT2D eigenvalue weighted by Gasteiger charge is -2.55. The molecule has 0 bridgehead atoms. The van der Waals surface area contributed by atoms with Gasteiger partial charge >= 0.3 is 5.97 Å². The summed E-state index contributed by atoms with van der Waals surface area (Å²) in [7, 11) is 0. The average Bonchev–Trinajstić information content (AvgIpc) is 2.62. The van der Waals surface area contributed by atoms with Gasteiger partial charge in [-0.15, -0.1) is 0 Å². The van der Waals surface area contributed by atoms with Crippen LogP contribution in [0.1, 0.15) is 39.0 Å². The van der Waals surface area contributed by atoms with Crippen molar-refractivity contribution < 1.29 is 19.7 Å². The molecule has 2 aliphatic carbocycles. The third kappa shape index (κ3) is 1.50. The Morgan fingerprint density at radius 3 is 2.84 bits per heavy atom. The van der Waals surface area contributed by atoms with Crippen LogP contribution in [-0.4, -0.2) is 22.9 Å². The fourth-order valence-corrected chi connectivity index (χ4v) is 4.26. The Morgan fingerprint density at radius 2 is 2.16 bits per heavy atom. The van der Waals surface area contributed by atoms with Gasteiger partial charge in [0.1, 0.15) is 11.7 Å². The average molecular weight is 264 g/mol. The lowest BCUT2D eigenvalue weighted by molar-refractivity contribution is -0.357. The van der Waals surface area contributed by atoms with E-state index in [1.165, 1.54) is 0 Å². The molecule has 1 aliphatic heterocycles. The first-order valence-electron chi connectivity index (χ1n) is 6.84. The van der Waals surface area contributed by atoms with E-state index in [2.05, 4.69) is 20.1 Å². The highest BCUT2D eigenvalue weighted by molar-refractivity contribution is 5.91. The summed E-state index contributed by atoms with van der Waals surface area (Å²) in [5, 5.41) is 9.57. The first kappa shape index (κ1) is 12.9. The lowest BCUT2D eigenvalue weighted by Crippen LogP contribution is -2.58. The molecule has 1 heterocycles. The maximum Gasteiger partial charge on any atom is 0.334 e. The third-order valence-corrected chi connectivity index (χ3v) is 5.49. The van der Waals surface area contributed by atoms with Crippen molar-refractivity contribution in [2.75, 3.05) is 0 Å². The molecular weight excluding hydrogens is 244 g/mol. The maximum atomic E-state index is 11.7. The quantitative estimate of drug-likeness (QED) is 0.260. The Hall–Kier alpha value is -1.13. The van der Waals surface area contributed by atoms with E-state index in [9.17, 15) is 10.1 Å². The summed E-state index contributed by atoms with van der Waals surface area (Å²) in [5.41, 5.74) is 0.433. The normalized spacial score (nSPS) is 45.7. The third-order valence-electron chi connectivity index (χ3n) is 5.49. The summed E-state index contributed by atoms with van der Waals surface area (Å²) in [5.74, 6) is -0.376. The molecule has 19 heavy (non-hydrogen) atoms. The largest absolute Gasteiger partial charge is 0.458 e. The molecule has 4 nitrogen and oxygen atoms in total. The van der Waals surface area contributed by atoms with Gasteiger partial charge in [0.2, 0.25) is 0 Å². The van der Waals surface area contributed by atoms with Crippen molar-refractivity contribution in [3.63, 3.8) is 0 Å². The number of hydrogen-bond acceptors (Lipinski definition) is 4. The van der Waals surface area contributed by atoms with E-state index in [1.54, 1.807) is 0 Å². The van der Waals surface area contributed by atoms with Crippen LogP contribution in [0.3, 0.4) is 0 Å². The summed E-state index contributed by atoms with van der Waals surface area (Å²) in [6.45, 7) is 10.0. The van der Waals surface area contributed by atoms with E-state index >= 15 is 0 Å². The van der Waals surface area contributed by atoms with Gasteiger partial charge in [0.25, 0.3) is 0 Å². The van der Waals surface area contributed by atoms with Crippen molar-refractivity contribution in [3.8, 4) is 0 Å². The van der Waals surface area contributed by atoms with Gasteiger partial charge < -0.3 is 4.74 Å². The van der Waals surface area contributed by atoms with Gasteiger partial charge in [0.05, 0.1) is 0 Å². The highest BCUT2D eigenvalue weighted by Crippen LogP contribution is 2.60. The minimum Gasteiger partial charge on any atom is -0.458 e. The topological polar surface area (TPSA) is 55.8 Å². The van der Waals surface area contributed by atoms with Crippen LogP contribution in [0.4, 0.5) is 0 Å². The summed E-state index contributed by atoms with van der Waals surface area (Å²) < 4.78 is 5.41. The van der Waals surface area contributed by atoms with Crippen LogP contribution in [0.2, 0.25) is 0 Å². The molecule has 3 rings (SSSR count). The Labute approximate surface area is 113 Å². The van der Waals surface area contributed by atoms with Crippen molar-refractivity contribution in [1.29, 1.82) is 0 Å². The molecule has 104 valence electrons. The van der Waals surface area contributed by atoms with Crippen LogP contribution in [-0.2, 0) is 14.4 Å². The second-order valence-electron chi connectivity index (χ2n) is 6.42. The number of carbonyl (C=O) groups is 1. The van der Waals surface area contributed by atoms with E-state index in [-0.39, 0.29) is 23.4 Å². The standard InChI is InChI=1S/C15H20O4/c1-9-5-4-6-14(3)8-12-11(7-15(9,14)19-17)10(2)13(16)18-12/h11-12,17H,1-2,4-8H2,3H3/t11-,12-,14-,15-/m1/s1. The van der Waals surface area contributed by atoms with E-state index in [4.69, 9.17) is 9.62 Å². The molecule has 0 unspecified atom stereocenters. The minimum atomic E-state index is -0.761. The van der Waals surface area contributed by atoms with Crippen molar-refractivity contribution in [1.82, 2.24) is 0 Å². The second kappa shape index (κ2) is 3.93. The number of rotatable bonds is 1. The highest BCUT2D eigenvalue weighted by Gasteiger charge is 2.62. The molecule has 1 saturated heterocycles. The molecule has 0 aromatic carbocycles. The smallest absolute Gasteiger partial charge is 0.334 e. The summed E-state index contributed by atoms with van der Waals surface area (Å²) in [6, 6.07) is 0. The first-order valence-corrected chi connectivity index (χ1v) is 6.84. The van der Waals surface area contributed by atoms with Crippen molar-refractivity contribution in [2.24, 2.45) is 11.3 Å². The van der Waals surface area contributed by atoms with E-state index in [0.717, 1.165) is 24.8 Å². The van der Waals surface area contributed by atoms with E-state index in [0.29, 0.717) is 18.4 Å². The van der Waals surface area contributed by atoms with Crippen LogP contribution in [0.25, 0.3) is 0 Å². The van der Waals surface area contributed by atoms with Gasteiger partial charge in [-0.1, -0.05) is 20.1 Å². The minimum absolute atomic E-state index is 0.0671. The second-order valence-corrected chi connectivity index (χ2v) is 6.42. The molecule has 2 saturated carbocycles. The molecule has 0 radical (unpaired) electrons. The van der Waals surface area contributed by atoms with Crippen LogP contribution < -0.4 is 0 Å². The number of esters is 1. The zero-order valence-electron chi connectivity index (χ0n) is 11.3. The molecule has 1 N–H and O–H groups in total. The first-order chi connectivity index (χ1) is 8.93. The molecular formula is C15H20O4. The number of fused-ring (bicyclic) bond motifs is 2. The van der Waals surface area contributed by atoms with E-state index < -0.39 is 5.60 Å². The van der Waals surface area contributed by atoms with Gasteiger partial charge in [-0.05, 0) is 37.7 Å². The predicted octanol–water partition coefficient (Wildman–Crippen LogP) is 2.85. The van der Waals surface area contributed by atoms with E-state index in [1.807, 2.05) is 0 Å².